The molecule has 0 aromatic heterocycles. The van der Waals surface area contributed by atoms with Crippen molar-refractivity contribution in [3.8, 4) is 0 Å². The Balaban J connectivity index is 0. The van der Waals surface area contributed by atoms with Crippen LogP contribution in [0.1, 0.15) is 6.92 Å². The Morgan fingerprint density at radius 1 is 1.56 bits per heavy atom. The van der Waals surface area contributed by atoms with Gasteiger partial charge >= 0.3 is 0 Å². The fourth-order valence-corrected chi connectivity index (χ4v) is 0.694. The first-order valence-corrected chi connectivity index (χ1v) is 3.27. The third kappa shape index (κ3) is 6.38. The molecule has 0 N–H and O–H groups in total. The normalized spacial score (nSPS) is 16.0. The van der Waals surface area contributed by atoms with Gasteiger partial charge in [-0.3, -0.25) is 0 Å². The van der Waals surface area contributed by atoms with Crippen molar-refractivity contribution in [3.05, 3.63) is 5.21 Å². The molecule has 1 unspecified atom stereocenters. The molecule has 0 aromatic rings. The van der Waals surface area contributed by atoms with Crippen molar-refractivity contribution in [2.45, 2.75) is 6.92 Å². The van der Waals surface area contributed by atoms with E-state index in [0.29, 0.717) is 19.0 Å². The smallest absolute Gasteiger partial charge is 0.0919 e. The van der Waals surface area contributed by atoms with Crippen LogP contribution in [0.25, 0.3) is 0 Å². The Kier molecular flexibility index (Phi) is 7.18. The zero-order valence-electron chi connectivity index (χ0n) is 5.76. The third-order valence-corrected chi connectivity index (χ3v) is 1.40. The Morgan fingerprint density at radius 3 is 2.11 bits per heavy atom. The lowest BCUT2D eigenvalue weighted by atomic mass is 10.5. The van der Waals surface area contributed by atoms with Crippen molar-refractivity contribution in [2.24, 2.45) is 0 Å². The van der Waals surface area contributed by atoms with Crippen LogP contribution in [0.3, 0.4) is 0 Å². The van der Waals surface area contributed by atoms with Crippen LogP contribution >= 0.6 is 24.0 Å². The van der Waals surface area contributed by atoms with E-state index in [9.17, 15) is 5.21 Å². The maximum absolute atomic E-state index is 10.9. The summed E-state index contributed by atoms with van der Waals surface area (Å²) in [6, 6.07) is 0. The molecule has 2 nitrogen and oxygen atoms in total. The molecular formula is C5H13Cl2NO. The molecule has 0 rings (SSSR count). The Hall–Kier alpha value is 0.500. The molecule has 0 saturated carbocycles. The highest BCUT2D eigenvalue weighted by Gasteiger charge is 2.02. The van der Waals surface area contributed by atoms with Crippen LogP contribution in [0, 0.1) is 5.21 Å². The zero-order valence-corrected chi connectivity index (χ0v) is 7.34. The summed E-state index contributed by atoms with van der Waals surface area (Å²) in [6.07, 6.45) is 0. The van der Waals surface area contributed by atoms with Crippen molar-refractivity contribution in [1.29, 1.82) is 0 Å². The van der Waals surface area contributed by atoms with Gasteiger partial charge < -0.3 is 9.85 Å². The Bertz CT molecular complexity index is 68.0. The van der Waals surface area contributed by atoms with Crippen LogP contribution in [0.2, 0.25) is 0 Å². The van der Waals surface area contributed by atoms with Crippen LogP contribution in [0.15, 0.2) is 0 Å². The number of quaternary nitrogens is 1. The average Bonchev–Trinajstić information content (AvgIpc) is 1.67. The Labute approximate surface area is 67.4 Å². The Morgan fingerprint density at radius 2 is 2.00 bits per heavy atom. The summed E-state index contributed by atoms with van der Waals surface area (Å²) >= 11 is 5.35. The van der Waals surface area contributed by atoms with E-state index in [0.717, 1.165) is 0 Å². The highest BCUT2D eigenvalue weighted by atomic mass is 35.5. The molecule has 4 heteroatoms. The van der Waals surface area contributed by atoms with Crippen molar-refractivity contribution in [3.63, 3.8) is 0 Å². The molecular weight excluding hydrogens is 161 g/mol. The van der Waals surface area contributed by atoms with Gasteiger partial charge in [0.05, 0.1) is 26.0 Å². The zero-order chi connectivity index (χ0) is 6.62. The number of nitrogens with zero attached hydrogens (tertiary/aromatic N) is 1. The molecule has 0 radical (unpaired) electrons. The lowest BCUT2D eigenvalue weighted by molar-refractivity contribution is -0.856. The molecule has 0 amide bonds. The lowest BCUT2D eigenvalue weighted by Crippen LogP contribution is -2.38. The summed E-state index contributed by atoms with van der Waals surface area (Å²) in [5.74, 6) is 0.452. The molecule has 0 aliphatic heterocycles. The predicted octanol–water partition coefficient (Wildman–Crippen LogP) is 1.61. The van der Waals surface area contributed by atoms with E-state index in [4.69, 9.17) is 11.6 Å². The van der Waals surface area contributed by atoms with Crippen LogP contribution in [0.5, 0.6) is 0 Å². The van der Waals surface area contributed by atoms with E-state index in [1.54, 1.807) is 7.05 Å². The molecule has 9 heavy (non-hydrogen) atoms. The minimum absolute atomic E-state index is 0. The molecule has 0 heterocycles. The van der Waals surface area contributed by atoms with Crippen molar-refractivity contribution < 1.29 is 4.65 Å². The fraction of sp³-hybridized carbons (Fsp3) is 1.00. The molecule has 0 bridgehead atoms. The summed E-state index contributed by atoms with van der Waals surface area (Å²) in [7, 11) is 1.63. The average molecular weight is 174 g/mol. The number of hydroxylamine groups is 3. The number of hydrogen-bond acceptors (Lipinski definition) is 1. The van der Waals surface area contributed by atoms with Gasteiger partial charge in [0.1, 0.15) is 0 Å². The van der Waals surface area contributed by atoms with Gasteiger partial charge in [0.25, 0.3) is 0 Å². The summed E-state index contributed by atoms with van der Waals surface area (Å²) in [5.41, 5.74) is 0. The van der Waals surface area contributed by atoms with Crippen LogP contribution in [-0.2, 0) is 0 Å². The van der Waals surface area contributed by atoms with Crippen LogP contribution < -0.4 is 0 Å². The summed E-state index contributed by atoms with van der Waals surface area (Å²) in [5, 5.41) is 10.9. The summed E-state index contributed by atoms with van der Waals surface area (Å²) in [6.45, 7) is 2.98. The van der Waals surface area contributed by atoms with Gasteiger partial charge in [-0.15, -0.1) is 24.0 Å². The number of rotatable bonds is 3. The predicted molar refractivity (Wildman–Crippen MR) is 42.9 cm³/mol. The SMILES string of the molecule is CC[N+](C)([O-])CCCl.Cl. The second kappa shape index (κ2) is 5.30. The van der Waals surface area contributed by atoms with Crippen molar-refractivity contribution in [2.75, 3.05) is 26.0 Å². The maximum Gasteiger partial charge on any atom is 0.0919 e. The van der Waals surface area contributed by atoms with E-state index < -0.39 is 0 Å². The largest absolute Gasteiger partial charge is 0.633 e. The highest BCUT2D eigenvalue weighted by molar-refractivity contribution is 6.17. The summed E-state index contributed by atoms with van der Waals surface area (Å²) in [4.78, 5) is 0. The summed E-state index contributed by atoms with van der Waals surface area (Å²) < 4.78 is -0.219. The first-order chi connectivity index (χ1) is 3.62. The van der Waals surface area contributed by atoms with E-state index in [2.05, 4.69) is 0 Å². The minimum Gasteiger partial charge on any atom is -0.633 e. The van der Waals surface area contributed by atoms with Crippen LogP contribution in [-0.4, -0.2) is 30.7 Å². The molecule has 0 fully saturated rings. The van der Waals surface area contributed by atoms with E-state index in [-0.39, 0.29) is 17.1 Å². The quantitative estimate of drug-likeness (QED) is 0.362. The first kappa shape index (κ1) is 12.2. The molecule has 0 aliphatic rings. The molecule has 0 saturated heterocycles. The highest BCUT2D eigenvalue weighted by Crippen LogP contribution is 1.96. The maximum atomic E-state index is 10.9. The van der Waals surface area contributed by atoms with E-state index >= 15 is 0 Å². The monoisotopic (exact) mass is 173 g/mol. The van der Waals surface area contributed by atoms with Crippen molar-refractivity contribution in [1.82, 2.24) is 0 Å². The topological polar surface area (TPSA) is 23.1 Å². The van der Waals surface area contributed by atoms with E-state index in [1.165, 1.54) is 0 Å². The second-order valence-corrected chi connectivity index (χ2v) is 2.40. The minimum atomic E-state index is -0.219. The van der Waals surface area contributed by atoms with Gasteiger partial charge in [0.15, 0.2) is 0 Å². The van der Waals surface area contributed by atoms with E-state index in [1.807, 2.05) is 6.92 Å². The molecule has 0 spiro atoms. The third-order valence-electron chi connectivity index (χ3n) is 1.23. The van der Waals surface area contributed by atoms with Gasteiger partial charge in [-0.2, -0.15) is 0 Å². The van der Waals surface area contributed by atoms with Gasteiger partial charge in [-0.1, -0.05) is 0 Å². The fourth-order valence-electron chi connectivity index (χ4n) is 0.337. The van der Waals surface area contributed by atoms with Gasteiger partial charge in [-0.05, 0) is 6.92 Å². The second-order valence-electron chi connectivity index (χ2n) is 2.03. The molecule has 58 valence electrons. The standard InChI is InChI=1S/C5H12ClNO.ClH/c1-3-7(2,8)5-4-6;/h3-5H2,1-2H3;1H. The molecule has 1 atom stereocenters. The van der Waals surface area contributed by atoms with Crippen molar-refractivity contribution >= 4 is 24.0 Å². The first-order valence-electron chi connectivity index (χ1n) is 2.74. The van der Waals surface area contributed by atoms with Gasteiger partial charge in [0.2, 0.25) is 0 Å². The lowest BCUT2D eigenvalue weighted by Gasteiger charge is -2.36. The number of alkyl halides is 1. The van der Waals surface area contributed by atoms with Gasteiger partial charge in [-0.25, -0.2) is 0 Å². The van der Waals surface area contributed by atoms with Crippen LogP contribution in [0.4, 0.5) is 0 Å². The molecule has 0 aromatic carbocycles. The van der Waals surface area contributed by atoms with Gasteiger partial charge in [0, 0.05) is 0 Å². The number of halogens is 2. The number of hydrogen-bond donors (Lipinski definition) is 0. The molecule has 0 aliphatic carbocycles.